The SMILES string of the molecule is CCCCC(CC)COC(C(C)C)C(N)c1ccccc1. The molecule has 0 amide bonds. The molecule has 0 saturated carbocycles. The minimum absolute atomic E-state index is 0.0464. The van der Waals surface area contributed by atoms with Crippen LogP contribution in [0, 0.1) is 11.8 Å². The quantitative estimate of drug-likeness (QED) is 0.662. The van der Waals surface area contributed by atoms with Crippen LogP contribution in [0.25, 0.3) is 0 Å². The first-order valence-electron chi connectivity index (χ1n) is 8.52. The Balaban J connectivity index is 2.61. The number of ether oxygens (including phenoxy) is 1. The maximum atomic E-state index is 6.44. The van der Waals surface area contributed by atoms with Crippen molar-refractivity contribution >= 4 is 0 Å². The summed E-state index contributed by atoms with van der Waals surface area (Å²) in [4.78, 5) is 0. The molecule has 21 heavy (non-hydrogen) atoms. The second-order valence-electron chi connectivity index (χ2n) is 6.39. The summed E-state index contributed by atoms with van der Waals surface area (Å²) in [6.45, 7) is 9.72. The summed E-state index contributed by atoms with van der Waals surface area (Å²) in [5.41, 5.74) is 7.61. The van der Waals surface area contributed by atoms with Gasteiger partial charge in [-0.05, 0) is 23.8 Å². The first kappa shape index (κ1) is 18.2. The van der Waals surface area contributed by atoms with Gasteiger partial charge in [-0.2, -0.15) is 0 Å². The van der Waals surface area contributed by atoms with E-state index in [2.05, 4.69) is 39.8 Å². The molecule has 1 aromatic carbocycles. The van der Waals surface area contributed by atoms with Crippen LogP contribution in [0.5, 0.6) is 0 Å². The van der Waals surface area contributed by atoms with Gasteiger partial charge in [0.05, 0.1) is 12.1 Å². The molecule has 0 bridgehead atoms. The minimum atomic E-state index is -0.0464. The number of rotatable bonds is 10. The van der Waals surface area contributed by atoms with E-state index in [1.165, 1.54) is 25.7 Å². The third-order valence-corrected chi connectivity index (χ3v) is 4.26. The molecular formula is C19H33NO. The van der Waals surface area contributed by atoms with Crippen LogP contribution in [0.1, 0.15) is 65.0 Å². The van der Waals surface area contributed by atoms with Gasteiger partial charge >= 0.3 is 0 Å². The van der Waals surface area contributed by atoms with Crippen LogP contribution in [0.15, 0.2) is 30.3 Å². The number of benzene rings is 1. The molecule has 1 rings (SSSR count). The summed E-state index contributed by atoms with van der Waals surface area (Å²) < 4.78 is 6.24. The molecular weight excluding hydrogens is 258 g/mol. The third-order valence-electron chi connectivity index (χ3n) is 4.26. The van der Waals surface area contributed by atoms with Crippen molar-refractivity contribution in [3.63, 3.8) is 0 Å². The number of hydrogen-bond acceptors (Lipinski definition) is 2. The van der Waals surface area contributed by atoms with Crippen molar-refractivity contribution in [2.75, 3.05) is 6.61 Å². The second kappa shape index (κ2) is 9.97. The van der Waals surface area contributed by atoms with Crippen molar-refractivity contribution in [3.8, 4) is 0 Å². The molecule has 2 N–H and O–H groups in total. The van der Waals surface area contributed by atoms with Crippen molar-refractivity contribution in [3.05, 3.63) is 35.9 Å². The summed E-state index contributed by atoms with van der Waals surface area (Å²) in [6, 6.07) is 10.3. The van der Waals surface area contributed by atoms with Gasteiger partial charge in [0.2, 0.25) is 0 Å². The van der Waals surface area contributed by atoms with Crippen LogP contribution in [-0.2, 0) is 4.74 Å². The molecule has 0 fully saturated rings. The van der Waals surface area contributed by atoms with E-state index in [1.54, 1.807) is 0 Å². The second-order valence-corrected chi connectivity index (χ2v) is 6.39. The number of hydrogen-bond donors (Lipinski definition) is 1. The monoisotopic (exact) mass is 291 g/mol. The highest BCUT2D eigenvalue weighted by Crippen LogP contribution is 2.24. The Labute approximate surface area is 131 Å². The lowest BCUT2D eigenvalue weighted by Gasteiger charge is -2.29. The van der Waals surface area contributed by atoms with Gasteiger partial charge in [-0.15, -0.1) is 0 Å². The highest BCUT2D eigenvalue weighted by atomic mass is 16.5. The molecule has 0 saturated heterocycles. The predicted molar refractivity (Wildman–Crippen MR) is 91.3 cm³/mol. The highest BCUT2D eigenvalue weighted by molar-refractivity contribution is 5.19. The Hall–Kier alpha value is -0.860. The predicted octanol–water partition coefficient (Wildman–Crippen LogP) is 4.94. The molecule has 1 aromatic rings. The number of nitrogens with two attached hydrogens (primary N) is 1. The van der Waals surface area contributed by atoms with E-state index in [9.17, 15) is 0 Å². The van der Waals surface area contributed by atoms with Gasteiger partial charge in [0.1, 0.15) is 0 Å². The van der Waals surface area contributed by atoms with E-state index in [4.69, 9.17) is 10.5 Å². The fraction of sp³-hybridized carbons (Fsp3) is 0.684. The zero-order chi connectivity index (χ0) is 15.7. The topological polar surface area (TPSA) is 35.2 Å². The summed E-state index contributed by atoms with van der Waals surface area (Å²) in [5.74, 6) is 1.08. The summed E-state index contributed by atoms with van der Waals surface area (Å²) in [7, 11) is 0. The number of unbranched alkanes of at least 4 members (excludes halogenated alkanes) is 1. The fourth-order valence-corrected chi connectivity index (χ4v) is 2.72. The lowest BCUT2D eigenvalue weighted by molar-refractivity contribution is -0.0159. The molecule has 120 valence electrons. The summed E-state index contributed by atoms with van der Waals surface area (Å²) in [6.07, 6.45) is 5.08. The zero-order valence-electron chi connectivity index (χ0n) is 14.2. The maximum absolute atomic E-state index is 6.44. The Morgan fingerprint density at radius 3 is 2.29 bits per heavy atom. The standard InChI is InChI=1S/C19H33NO/c1-5-7-11-16(6-2)14-21-19(15(3)4)18(20)17-12-9-8-10-13-17/h8-10,12-13,15-16,18-19H,5-7,11,14,20H2,1-4H3. The van der Waals surface area contributed by atoms with Crippen molar-refractivity contribution in [1.29, 1.82) is 0 Å². The van der Waals surface area contributed by atoms with E-state index in [-0.39, 0.29) is 12.1 Å². The maximum Gasteiger partial charge on any atom is 0.0790 e. The molecule has 2 nitrogen and oxygen atoms in total. The first-order valence-corrected chi connectivity index (χ1v) is 8.52. The van der Waals surface area contributed by atoms with Crippen LogP contribution < -0.4 is 5.73 Å². The molecule has 0 aliphatic heterocycles. The van der Waals surface area contributed by atoms with Gasteiger partial charge in [0.25, 0.3) is 0 Å². The minimum Gasteiger partial charge on any atom is -0.376 e. The van der Waals surface area contributed by atoms with Crippen LogP contribution in [0.2, 0.25) is 0 Å². The molecule has 0 radical (unpaired) electrons. The van der Waals surface area contributed by atoms with Gasteiger partial charge in [0, 0.05) is 6.61 Å². The molecule has 0 aromatic heterocycles. The van der Waals surface area contributed by atoms with Crippen LogP contribution in [0.4, 0.5) is 0 Å². The van der Waals surface area contributed by atoms with E-state index in [0.29, 0.717) is 11.8 Å². The molecule has 0 heterocycles. The first-order chi connectivity index (χ1) is 10.1. The van der Waals surface area contributed by atoms with Crippen LogP contribution in [0.3, 0.4) is 0 Å². The van der Waals surface area contributed by atoms with Gasteiger partial charge < -0.3 is 10.5 Å². The van der Waals surface area contributed by atoms with Crippen molar-refractivity contribution in [2.24, 2.45) is 17.6 Å². The van der Waals surface area contributed by atoms with E-state index in [1.807, 2.05) is 18.2 Å². The van der Waals surface area contributed by atoms with Gasteiger partial charge in [-0.3, -0.25) is 0 Å². The molecule has 0 spiro atoms. The normalized spacial score (nSPS) is 15.9. The third kappa shape index (κ3) is 6.19. The van der Waals surface area contributed by atoms with Crippen LogP contribution in [-0.4, -0.2) is 12.7 Å². The molecule has 0 aliphatic carbocycles. The van der Waals surface area contributed by atoms with E-state index < -0.39 is 0 Å². The smallest absolute Gasteiger partial charge is 0.0790 e. The molecule has 2 heteroatoms. The average Bonchev–Trinajstić information content (AvgIpc) is 2.50. The van der Waals surface area contributed by atoms with Gasteiger partial charge in [-0.1, -0.05) is 77.3 Å². The van der Waals surface area contributed by atoms with Crippen molar-refractivity contribution < 1.29 is 4.74 Å². The average molecular weight is 291 g/mol. The largest absolute Gasteiger partial charge is 0.376 e. The van der Waals surface area contributed by atoms with Crippen molar-refractivity contribution in [1.82, 2.24) is 0 Å². The lowest BCUT2D eigenvalue weighted by atomic mass is 9.93. The highest BCUT2D eigenvalue weighted by Gasteiger charge is 2.24. The van der Waals surface area contributed by atoms with E-state index in [0.717, 1.165) is 12.2 Å². The molecule has 3 atom stereocenters. The van der Waals surface area contributed by atoms with Gasteiger partial charge in [-0.25, -0.2) is 0 Å². The Morgan fingerprint density at radius 1 is 1.10 bits per heavy atom. The Bertz CT molecular complexity index is 363. The Kier molecular flexibility index (Phi) is 8.63. The zero-order valence-corrected chi connectivity index (χ0v) is 14.2. The fourth-order valence-electron chi connectivity index (χ4n) is 2.72. The molecule has 0 aliphatic rings. The van der Waals surface area contributed by atoms with Gasteiger partial charge in [0.15, 0.2) is 0 Å². The van der Waals surface area contributed by atoms with E-state index >= 15 is 0 Å². The molecule has 3 unspecified atom stereocenters. The summed E-state index contributed by atoms with van der Waals surface area (Å²) in [5, 5.41) is 0. The van der Waals surface area contributed by atoms with Crippen molar-refractivity contribution in [2.45, 2.75) is 65.5 Å². The summed E-state index contributed by atoms with van der Waals surface area (Å²) >= 11 is 0. The van der Waals surface area contributed by atoms with Crippen LogP contribution >= 0.6 is 0 Å². The Morgan fingerprint density at radius 2 is 1.76 bits per heavy atom. The lowest BCUT2D eigenvalue weighted by Crippen LogP contribution is -2.34.